The normalized spacial score (nSPS) is 11.8. The second-order valence-corrected chi connectivity index (χ2v) is 7.17. The molecular formula is C19H27FN4OS. The van der Waals surface area contributed by atoms with E-state index in [1.54, 1.807) is 30.6 Å². The minimum Gasteiger partial charge on any atom is -0.380 e. The zero-order valence-corrected chi connectivity index (χ0v) is 16.6. The Labute approximate surface area is 158 Å². The van der Waals surface area contributed by atoms with Crippen LogP contribution in [0.3, 0.4) is 0 Å². The smallest absolute Gasteiger partial charge is 0.191 e. The van der Waals surface area contributed by atoms with Gasteiger partial charge in [-0.3, -0.25) is 0 Å². The van der Waals surface area contributed by atoms with Crippen LogP contribution in [0.4, 0.5) is 4.39 Å². The number of benzene rings is 1. The topological polar surface area (TPSA) is 58.5 Å². The maximum absolute atomic E-state index is 13.7. The van der Waals surface area contributed by atoms with Crippen molar-refractivity contribution in [1.82, 2.24) is 15.6 Å². The summed E-state index contributed by atoms with van der Waals surface area (Å²) in [5, 5.41) is 9.65. The van der Waals surface area contributed by atoms with Gasteiger partial charge in [-0.1, -0.05) is 19.9 Å². The first-order valence-electron chi connectivity index (χ1n) is 8.76. The molecule has 26 heavy (non-hydrogen) atoms. The van der Waals surface area contributed by atoms with E-state index < -0.39 is 0 Å². The molecule has 0 aliphatic rings. The van der Waals surface area contributed by atoms with E-state index >= 15 is 0 Å². The van der Waals surface area contributed by atoms with Gasteiger partial charge in [0.2, 0.25) is 0 Å². The molecule has 0 amide bonds. The van der Waals surface area contributed by atoms with E-state index in [2.05, 4.69) is 39.8 Å². The number of nitrogens with one attached hydrogen (secondary N) is 2. The van der Waals surface area contributed by atoms with Crippen LogP contribution in [0.5, 0.6) is 0 Å². The summed E-state index contributed by atoms with van der Waals surface area (Å²) < 4.78 is 18.7. The lowest BCUT2D eigenvalue weighted by Gasteiger charge is -2.10. The molecule has 0 unspecified atom stereocenters. The minimum absolute atomic E-state index is 0.254. The first-order chi connectivity index (χ1) is 12.5. The number of rotatable bonds is 8. The summed E-state index contributed by atoms with van der Waals surface area (Å²) in [6, 6.07) is 5.00. The van der Waals surface area contributed by atoms with E-state index in [0.29, 0.717) is 30.5 Å². The average molecular weight is 379 g/mol. The van der Waals surface area contributed by atoms with E-state index in [9.17, 15) is 4.39 Å². The maximum Gasteiger partial charge on any atom is 0.191 e. The van der Waals surface area contributed by atoms with Crippen molar-refractivity contribution in [1.29, 1.82) is 0 Å². The summed E-state index contributed by atoms with van der Waals surface area (Å²) in [6.45, 7) is 8.40. The Bertz CT molecular complexity index is 730. The average Bonchev–Trinajstić information content (AvgIpc) is 3.09. The van der Waals surface area contributed by atoms with Crippen molar-refractivity contribution in [3.63, 3.8) is 0 Å². The lowest BCUT2D eigenvalue weighted by Crippen LogP contribution is -2.36. The van der Waals surface area contributed by atoms with Gasteiger partial charge < -0.3 is 15.4 Å². The van der Waals surface area contributed by atoms with Crippen molar-refractivity contribution in [2.24, 2.45) is 4.99 Å². The Morgan fingerprint density at radius 1 is 1.35 bits per heavy atom. The van der Waals surface area contributed by atoms with Crippen LogP contribution in [0.1, 0.15) is 48.5 Å². The first kappa shape index (κ1) is 20.3. The molecule has 0 atom stereocenters. The van der Waals surface area contributed by atoms with E-state index in [0.717, 1.165) is 22.8 Å². The Balaban J connectivity index is 2.00. The van der Waals surface area contributed by atoms with Gasteiger partial charge in [-0.25, -0.2) is 14.4 Å². The molecule has 1 heterocycles. The molecule has 1 aromatic carbocycles. The van der Waals surface area contributed by atoms with Crippen molar-refractivity contribution >= 4 is 17.3 Å². The van der Waals surface area contributed by atoms with Crippen molar-refractivity contribution in [2.45, 2.75) is 46.4 Å². The Morgan fingerprint density at radius 2 is 2.15 bits per heavy atom. The highest BCUT2D eigenvalue weighted by molar-refractivity contribution is 7.09. The molecule has 0 saturated heterocycles. The molecule has 5 nitrogen and oxygen atoms in total. The van der Waals surface area contributed by atoms with Crippen molar-refractivity contribution in [2.75, 3.05) is 13.7 Å². The summed E-state index contributed by atoms with van der Waals surface area (Å²) in [4.78, 5) is 9.20. The maximum atomic E-state index is 13.7. The number of thiazole rings is 1. The number of halogens is 1. The Morgan fingerprint density at radius 3 is 2.81 bits per heavy atom. The van der Waals surface area contributed by atoms with Gasteiger partial charge in [0.15, 0.2) is 5.96 Å². The molecule has 0 spiro atoms. The number of hydrogen-bond acceptors (Lipinski definition) is 4. The second kappa shape index (κ2) is 10.2. The molecule has 2 rings (SSSR count). The summed E-state index contributed by atoms with van der Waals surface area (Å²) in [5.41, 5.74) is 2.60. The number of nitrogens with zero attached hydrogens (tertiary/aromatic N) is 2. The zero-order valence-electron chi connectivity index (χ0n) is 15.8. The zero-order chi connectivity index (χ0) is 18.9. The largest absolute Gasteiger partial charge is 0.380 e. The van der Waals surface area contributed by atoms with Crippen LogP contribution < -0.4 is 10.6 Å². The summed E-state index contributed by atoms with van der Waals surface area (Å²) in [6.07, 6.45) is 0. The van der Waals surface area contributed by atoms with Gasteiger partial charge in [0.05, 0.1) is 25.4 Å². The molecule has 7 heteroatoms. The molecule has 2 N–H and O–H groups in total. The third kappa shape index (κ3) is 6.07. The second-order valence-electron chi connectivity index (χ2n) is 6.23. The van der Waals surface area contributed by atoms with Crippen LogP contribution in [-0.2, 0) is 24.4 Å². The molecule has 0 bridgehead atoms. The molecule has 2 aromatic rings. The number of aliphatic imine (C=N–C) groups is 1. The van der Waals surface area contributed by atoms with Gasteiger partial charge in [-0.15, -0.1) is 11.3 Å². The van der Waals surface area contributed by atoms with Gasteiger partial charge in [0, 0.05) is 24.6 Å². The van der Waals surface area contributed by atoms with Crippen LogP contribution in [0.2, 0.25) is 0 Å². The van der Waals surface area contributed by atoms with Gasteiger partial charge in [-0.05, 0) is 30.5 Å². The fourth-order valence-corrected chi connectivity index (χ4v) is 3.23. The van der Waals surface area contributed by atoms with E-state index in [4.69, 9.17) is 4.74 Å². The monoisotopic (exact) mass is 378 g/mol. The summed E-state index contributed by atoms with van der Waals surface area (Å²) in [5.74, 6) is 0.891. The third-order valence-electron chi connectivity index (χ3n) is 3.74. The standard InChI is InChI=1S/C19H27FN4OS/c1-5-21-19(23-10-18-24-17(12-26-18)13(2)3)22-9-14-6-7-16(20)15(8-14)11-25-4/h6-8,12-13H,5,9-11H2,1-4H3,(H2,21,22,23). The number of methoxy groups -OCH3 is 1. The predicted octanol–water partition coefficient (Wildman–Crippen LogP) is 3.81. The quantitative estimate of drug-likeness (QED) is 0.542. The highest BCUT2D eigenvalue weighted by Gasteiger charge is 2.07. The third-order valence-corrected chi connectivity index (χ3v) is 4.61. The summed E-state index contributed by atoms with van der Waals surface area (Å²) >= 11 is 1.65. The summed E-state index contributed by atoms with van der Waals surface area (Å²) in [7, 11) is 1.56. The van der Waals surface area contributed by atoms with E-state index in [1.165, 1.54) is 6.07 Å². The molecule has 0 aliphatic heterocycles. The highest BCUT2D eigenvalue weighted by atomic mass is 32.1. The molecular weight excluding hydrogens is 351 g/mol. The Hall–Kier alpha value is -1.99. The van der Waals surface area contributed by atoms with Crippen LogP contribution in [0.15, 0.2) is 28.6 Å². The van der Waals surface area contributed by atoms with Crippen molar-refractivity contribution in [3.05, 3.63) is 51.2 Å². The van der Waals surface area contributed by atoms with Gasteiger partial charge >= 0.3 is 0 Å². The van der Waals surface area contributed by atoms with Gasteiger partial charge in [0.1, 0.15) is 10.8 Å². The highest BCUT2D eigenvalue weighted by Crippen LogP contribution is 2.17. The van der Waals surface area contributed by atoms with Crippen LogP contribution >= 0.6 is 11.3 Å². The van der Waals surface area contributed by atoms with Crippen molar-refractivity contribution in [3.8, 4) is 0 Å². The van der Waals surface area contributed by atoms with E-state index in [-0.39, 0.29) is 12.4 Å². The van der Waals surface area contributed by atoms with Crippen LogP contribution in [-0.4, -0.2) is 24.6 Å². The van der Waals surface area contributed by atoms with Gasteiger partial charge in [-0.2, -0.15) is 0 Å². The van der Waals surface area contributed by atoms with Gasteiger partial charge in [0.25, 0.3) is 0 Å². The van der Waals surface area contributed by atoms with Crippen LogP contribution in [0.25, 0.3) is 0 Å². The predicted molar refractivity (Wildman–Crippen MR) is 105 cm³/mol. The Kier molecular flexibility index (Phi) is 8.00. The lowest BCUT2D eigenvalue weighted by atomic mass is 10.1. The number of hydrogen-bond donors (Lipinski definition) is 2. The lowest BCUT2D eigenvalue weighted by molar-refractivity contribution is 0.181. The molecule has 0 radical (unpaired) electrons. The van der Waals surface area contributed by atoms with Crippen molar-refractivity contribution < 1.29 is 9.13 Å². The molecule has 0 aliphatic carbocycles. The molecule has 0 saturated carbocycles. The number of guanidine groups is 1. The molecule has 0 fully saturated rings. The number of aromatic nitrogens is 1. The first-order valence-corrected chi connectivity index (χ1v) is 9.64. The fraction of sp³-hybridized carbons (Fsp3) is 0.474. The fourth-order valence-electron chi connectivity index (χ4n) is 2.34. The SMILES string of the molecule is CCNC(=NCc1ccc(F)c(COC)c1)NCc1nc(C(C)C)cs1. The minimum atomic E-state index is -0.255. The molecule has 142 valence electrons. The van der Waals surface area contributed by atoms with E-state index in [1.807, 2.05) is 6.92 Å². The molecule has 1 aromatic heterocycles. The van der Waals surface area contributed by atoms with Crippen LogP contribution in [0, 0.1) is 5.82 Å². The number of ether oxygens (including phenoxy) is 1.